The maximum Gasteiger partial charge on any atom is 0.343 e. The number of aromatic nitrogens is 1. The van der Waals surface area contributed by atoms with Gasteiger partial charge in [-0.15, -0.1) is 0 Å². The molecule has 0 radical (unpaired) electrons. The number of rotatable bonds is 3. The first-order chi connectivity index (χ1) is 12.1. The quantitative estimate of drug-likeness (QED) is 0.778. The van der Waals surface area contributed by atoms with Gasteiger partial charge in [-0.2, -0.15) is 0 Å². The van der Waals surface area contributed by atoms with Gasteiger partial charge in [0.15, 0.2) is 17.1 Å². The first-order valence-corrected chi connectivity index (χ1v) is 8.55. The second kappa shape index (κ2) is 6.16. The van der Waals surface area contributed by atoms with Crippen LogP contribution in [0.4, 0.5) is 5.82 Å². The summed E-state index contributed by atoms with van der Waals surface area (Å²) < 4.78 is 5.41. The second-order valence-electron chi connectivity index (χ2n) is 6.83. The second-order valence-corrected chi connectivity index (χ2v) is 6.83. The molecule has 1 aromatic heterocycles. The minimum Gasteiger partial charge on any atom is -0.477 e. The third-order valence-corrected chi connectivity index (χ3v) is 5.36. The standard InChI is InChI=1S/C18H21N3O4/c22-17(23)14-15(12-4-2-1-3-5-12)25-20-16(14)21-9-7-18(24)6-8-19-10-13(18)11-21/h1-5,13,19,24H,6-11H2,(H,22,23)/t13-,18-/m0/s1. The van der Waals surface area contributed by atoms with E-state index in [0.29, 0.717) is 30.9 Å². The Labute approximate surface area is 145 Å². The zero-order valence-electron chi connectivity index (χ0n) is 13.8. The number of anilines is 1. The van der Waals surface area contributed by atoms with Crippen LogP contribution < -0.4 is 10.2 Å². The van der Waals surface area contributed by atoms with Crippen LogP contribution in [0.15, 0.2) is 34.9 Å². The summed E-state index contributed by atoms with van der Waals surface area (Å²) in [5, 5.41) is 27.9. The first kappa shape index (κ1) is 16.1. The fourth-order valence-electron chi connectivity index (χ4n) is 3.89. The molecule has 2 atom stereocenters. The Bertz CT molecular complexity index is 776. The number of carboxylic acid groups (broad SMARTS) is 1. The van der Waals surface area contributed by atoms with Crippen molar-refractivity contribution in [2.24, 2.45) is 5.92 Å². The van der Waals surface area contributed by atoms with Crippen LogP contribution in [0.5, 0.6) is 0 Å². The lowest BCUT2D eigenvalue weighted by molar-refractivity contribution is -0.0540. The van der Waals surface area contributed by atoms with Gasteiger partial charge in [-0.3, -0.25) is 0 Å². The van der Waals surface area contributed by atoms with Crippen molar-refractivity contribution in [3.8, 4) is 11.3 Å². The molecular formula is C18H21N3O4. The Morgan fingerprint density at radius 3 is 2.88 bits per heavy atom. The van der Waals surface area contributed by atoms with Crippen molar-refractivity contribution in [2.75, 3.05) is 31.1 Å². The smallest absolute Gasteiger partial charge is 0.343 e. The topological polar surface area (TPSA) is 98.8 Å². The Kier molecular flexibility index (Phi) is 3.97. The van der Waals surface area contributed by atoms with Gasteiger partial charge in [0, 0.05) is 31.1 Å². The number of hydrogen-bond donors (Lipinski definition) is 3. The van der Waals surface area contributed by atoms with Crippen LogP contribution in [0, 0.1) is 5.92 Å². The molecular weight excluding hydrogens is 322 g/mol. The molecule has 2 fully saturated rings. The van der Waals surface area contributed by atoms with E-state index in [4.69, 9.17) is 4.52 Å². The summed E-state index contributed by atoms with van der Waals surface area (Å²) >= 11 is 0. The number of piperidine rings is 2. The molecule has 2 aromatic rings. The number of aromatic carboxylic acids is 1. The zero-order chi connectivity index (χ0) is 17.4. The van der Waals surface area contributed by atoms with Crippen LogP contribution in [-0.2, 0) is 0 Å². The van der Waals surface area contributed by atoms with Crippen molar-refractivity contribution >= 4 is 11.8 Å². The maximum atomic E-state index is 11.9. The predicted octanol–water partition coefficient (Wildman–Crippen LogP) is 1.59. The van der Waals surface area contributed by atoms with Gasteiger partial charge in [0.05, 0.1) is 5.60 Å². The van der Waals surface area contributed by atoms with Crippen molar-refractivity contribution in [3.05, 3.63) is 35.9 Å². The van der Waals surface area contributed by atoms with Gasteiger partial charge in [-0.25, -0.2) is 4.79 Å². The summed E-state index contributed by atoms with van der Waals surface area (Å²) in [6.45, 7) is 2.66. The molecule has 132 valence electrons. The Morgan fingerprint density at radius 2 is 2.12 bits per heavy atom. The van der Waals surface area contributed by atoms with E-state index in [-0.39, 0.29) is 17.2 Å². The fraction of sp³-hybridized carbons (Fsp3) is 0.444. The molecule has 3 heterocycles. The van der Waals surface area contributed by atoms with Crippen molar-refractivity contribution in [1.29, 1.82) is 0 Å². The summed E-state index contributed by atoms with van der Waals surface area (Å²) in [5.41, 5.74) is 0.101. The number of nitrogens with zero attached hydrogens (tertiary/aromatic N) is 2. The van der Waals surface area contributed by atoms with Crippen LogP contribution in [0.3, 0.4) is 0 Å². The van der Waals surface area contributed by atoms with E-state index < -0.39 is 11.6 Å². The minimum atomic E-state index is -1.06. The van der Waals surface area contributed by atoms with Crippen molar-refractivity contribution in [1.82, 2.24) is 10.5 Å². The van der Waals surface area contributed by atoms with Gasteiger partial charge in [0.1, 0.15) is 0 Å². The zero-order valence-corrected chi connectivity index (χ0v) is 13.8. The summed E-state index contributed by atoms with van der Waals surface area (Å²) in [6.07, 6.45) is 1.33. The van der Waals surface area contributed by atoms with E-state index in [0.717, 1.165) is 19.5 Å². The molecule has 0 spiro atoms. The number of fused-ring (bicyclic) bond motifs is 1. The SMILES string of the molecule is O=C(O)c1c(N2CC[C@@]3(O)CCNC[C@H]3C2)noc1-c1ccccc1. The van der Waals surface area contributed by atoms with Crippen LogP contribution in [0.25, 0.3) is 11.3 Å². The molecule has 0 aliphatic carbocycles. The van der Waals surface area contributed by atoms with Crippen LogP contribution in [0.1, 0.15) is 23.2 Å². The molecule has 1 aromatic carbocycles. The van der Waals surface area contributed by atoms with Crippen LogP contribution in [0.2, 0.25) is 0 Å². The molecule has 7 nitrogen and oxygen atoms in total. The normalized spacial score (nSPS) is 26.3. The molecule has 7 heteroatoms. The minimum absolute atomic E-state index is 0.0496. The average molecular weight is 343 g/mol. The third kappa shape index (κ3) is 2.79. The molecule has 3 N–H and O–H groups in total. The molecule has 2 saturated heterocycles. The van der Waals surface area contributed by atoms with Gasteiger partial charge in [-0.1, -0.05) is 35.5 Å². The molecule has 2 aliphatic rings. The van der Waals surface area contributed by atoms with E-state index in [1.165, 1.54) is 0 Å². The average Bonchev–Trinajstić information content (AvgIpc) is 3.07. The lowest BCUT2D eigenvalue weighted by Gasteiger charge is -2.47. The summed E-state index contributed by atoms with van der Waals surface area (Å²) in [5.74, 6) is -0.393. The van der Waals surface area contributed by atoms with Crippen LogP contribution >= 0.6 is 0 Å². The van der Waals surface area contributed by atoms with E-state index in [1.54, 1.807) is 12.1 Å². The lowest BCUT2D eigenvalue weighted by Crippen LogP contribution is -2.59. The Morgan fingerprint density at radius 1 is 1.32 bits per heavy atom. The highest BCUT2D eigenvalue weighted by Crippen LogP contribution is 2.37. The molecule has 0 saturated carbocycles. The largest absolute Gasteiger partial charge is 0.477 e. The number of hydrogen-bond acceptors (Lipinski definition) is 6. The highest BCUT2D eigenvalue weighted by atomic mass is 16.5. The highest BCUT2D eigenvalue weighted by Gasteiger charge is 2.44. The summed E-state index contributed by atoms with van der Waals surface area (Å²) in [6, 6.07) is 9.13. The van der Waals surface area contributed by atoms with Gasteiger partial charge in [0.2, 0.25) is 0 Å². The van der Waals surface area contributed by atoms with Gasteiger partial charge in [0.25, 0.3) is 0 Å². The Balaban J connectivity index is 1.67. The third-order valence-electron chi connectivity index (χ3n) is 5.36. The number of aliphatic hydroxyl groups is 1. The molecule has 0 unspecified atom stereocenters. The molecule has 0 bridgehead atoms. The monoisotopic (exact) mass is 343 g/mol. The number of nitrogens with one attached hydrogen (secondary N) is 1. The van der Waals surface area contributed by atoms with E-state index in [1.807, 2.05) is 23.1 Å². The molecule has 2 aliphatic heterocycles. The van der Waals surface area contributed by atoms with E-state index >= 15 is 0 Å². The van der Waals surface area contributed by atoms with Crippen molar-refractivity contribution in [3.63, 3.8) is 0 Å². The molecule has 0 amide bonds. The molecule has 25 heavy (non-hydrogen) atoms. The maximum absolute atomic E-state index is 11.9. The number of benzene rings is 1. The Hall–Kier alpha value is -2.38. The first-order valence-electron chi connectivity index (χ1n) is 8.55. The van der Waals surface area contributed by atoms with Crippen molar-refractivity contribution < 1.29 is 19.5 Å². The lowest BCUT2D eigenvalue weighted by atomic mass is 9.76. The van der Waals surface area contributed by atoms with Gasteiger partial charge < -0.3 is 25.0 Å². The number of carboxylic acids is 1. The van der Waals surface area contributed by atoms with Gasteiger partial charge >= 0.3 is 5.97 Å². The molecule has 4 rings (SSSR count). The van der Waals surface area contributed by atoms with Crippen LogP contribution in [-0.4, -0.2) is 53.1 Å². The summed E-state index contributed by atoms with van der Waals surface area (Å²) in [7, 11) is 0. The van der Waals surface area contributed by atoms with E-state index in [9.17, 15) is 15.0 Å². The van der Waals surface area contributed by atoms with E-state index in [2.05, 4.69) is 10.5 Å². The fourth-order valence-corrected chi connectivity index (χ4v) is 3.89. The summed E-state index contributed by atoms with van der Waals surface area (Å²) in [4.78, 5) is 13.8. The highest BCUT2D eigenvalue weighted by molar-refractivity contribution is 5.99. The van der Waals surface area contributed by atoms with Crippen molar-refractivity contribution in [2.45, 2.75) is 18.4 Å². The van der Waals surface area contributed by atoms with Gasteiger partial charge in [-0.05, 0) is 19.4 Å². The predicted molar refractivity (Wildman–Crippen MR) is 91.7 cm³/mol. The number of carbonyl (C=O) groups is 1.